The van der Waals surface area contributed by atoms with Crippen LogP contribution in [0, 0.1) is 6.92 Å². The van der Waals surface area contributed by atoms with E-state index in [1.165, 1.54) is 17.5 Å². The van der Waals surface area contributed by atoms with Crippen LogP contribution in [0.3, 0.4) is 0 Å². The van der Waals surface area contributed by atoms with Crippen LogP contribution >= 0.6 is 22.9 Å². The Morgan fingerprint density at radius 1 is 1.33 bits per heavy atom. The second-order valence-corrected chi connectivity index (χ2v) is 6.06. The molecule has 5 nitrogen and oxygen atoms in total. The SMILES string of the molecule is Cc1ccccc1-c1c(O)nc(-c2ncc(Cl)s2)[nH]c1=O. The summed E-state index contributed by atoms with van der Waals surface area (Å²) in [5, 5.41) is 10.6. The topological polar surface area (TPSA) is 78.9 Å². The Morgan fingerprint density at radius 3 is 2.71 bits per heavy atom. The molecule has 2 N–H and O–H groups in total. The molecule has 106 valence electrons. The number of thiazole rings is 1. The highest BCUT2D eigenvalue weighted by Crippen LogP contribution is 2.30. The zero-order valence-electron chi connectivity index (χ0n) is 10.9. The van der Waals surface area contributed by atoms with E-state index in [0.717, 1.165) is 5.56 Å². The maximum absolute atomic E-state index is 12.3. The molecule has 0 amide bonds. The number of aryl methyl sites for hydroxylation is 1. The van der Waals surface area contributed by atoms with Crippen LogP contribution in [0.4, 0.5) is 0 Å². The summed E-state index contributed by atoms with van der Waals surface area (Å²) in [5.74, 6) is -0.124. The predicted molar refractivity (Wildman–Crippen MR) is 82.8 cm³/mol. The van der Waals surface area contributed by atoms with Gasteiger partial charge in [0.1, 0.15) is 9.90 Å². The van der Waals surface area contributed by atoms with Crippen LogP contribution in [0.2, 0.25) is 4.34 Å². The summed E-state index contributed by atoms with van der Waals surface area (Å²) in [4.78, 5) is 23.0. The molecule has 0 saturated carbocycles. The molecule has 0 bridgehead atoms. The van der Waals surface area contributed by atoms with Gasteiger partial charge in [-0.25, -0.2) is 4.98 Å². The van der Waals surface area contributed by atoms with Gasteiger partial charge in [0, 0.05) is 0 Å². The first-order chi connectivity index (χ1) is 10.1. The van der Waals surface area contributed by atoms with Crippen molar-refractivity contribution in [1.82, 2.24) is 15.0 Å². The lowest BCUT2D eigenvalue weighted by Gasteiger charge is -2.07. The first kappa shape index (κ1) is 13.8. The lowest BCUT2D eigenvalue weighted by Crippen LogP contribution is -2.12. The van der Waals surface area contributed by atoms with Gasteiger partial charge < -0.3 is 10.1 Å². The summed E-state index contributed by atoms with van der Waals surface area (Å²) >= 11 is 6.99. The Labute approximate surface area is 128 Å². The average molecular weight is 320 g/mol. The van der Waals surface area contributed by atoms with Crippen LogP contribution in [0.15, 0.2) is 35.3 Å². The number of rotatable bonds is 2. The quantitative estimate of drug-likeness (QED) is 0.760. The smallest absolute Gasteiger partial charge is 0.263 e. The molecule has 0 spiro atoms. The number of nitrogens with zero attached hydrogens (tertiary/aromatic N) is 2. The van der Waals surface area contributed by atoms with Gasteiger partial charge in [0.15, 0.2) is 10.8 Å². The van der Waals surface area contributed by atoms with E-state index in [1.54, 1.807) is 12.1 Å². The van der Waals surface area contributed by atoms with Crippen molar-refractivity contribution in [2.24, 2.45) is 0 Å². The molecule has 0 saturated heterocycles. The Hall–Kier alpha value is -2.18. The highest BCUT2D eigenvalue weighted by molar-refractivity contribution is 7.18. The molecule has 0 aliphatic heterocycles. The molecule has 2 aromatic heterocycles. The molecule has 0 unspecified atom stereocenters. The molecular formula is C14H10ClN3O2S. The van der Waals surface area contributed by atoms with Crippen molar-refractivity contribution >= 4 is 22.9 Å². The minimum atomic E-state index is -0.418. The Balaban J connectivity index is 2.18. The normalized spacial score (nSPS) is 10.8. The predicted octanol–water partition coefficient (Wildman–Crippen LogP) is 3.23. The minimum Gasteiger partial charge on any atom is -0.493 e. The van der Waals surface area contributed by atoms with Gasteiger partial charge in [0.2, 0.25) is 5.88 Å². The van der Waals surface area contributed by atoms with Gasteiger partial charge in [-0.1, -0.05) is 47.2 Å². The maximum Gasteiger partial charge on any atom is 0.263 e. The van der Waals surface area contributed by atoms with Crippen LogP contribution in [0.25, 0.3) is 22.0 Å². The van der Waals surface area contributed by atoms with Crippen molar-refractivity contribution in [2.75, 3.05) is 0 Å². The van der Waals surface area contributed by atoms with Gasteiger partial charge in [-0.05, 0) is 18.1 Å². The van der Waals surface area contributed by atoms with Gasteiger partial charge in [0.25, 0.3) is 5.56 Å². The highest BCUT2D eigenvalue weighted by Gasteiger charge is 2.16. The molecule has 3 aromatic rings. The van der Waals surface area contributed by atoms with E-state index >= 15 is 0 Å². The van der Waals surface area contributed by atoms with E-state index in [-0.39, 0.29) is 17.3 Å². The Kier molecular flexibility index (Phi) is 3.48. The zero-order valence-corrected chi connectivity index (χ0v) is 12.5. The highest BCUT2D eigenvalue weighted by atomic mass is 35.5. The monoisotopic (exact) mass is 319 g/mol. The van der Waals surface area contributed by atoms with E-state index in [0.29, 0.717) is 14.9 Å². The zero-order chi connectivity index (χ0) is 15.0. The lowest BCUT2D eigenvalue weighted by molar-refractivity contribution is 0.454. The number of halogens is 1. The molecule has 2 heterocycles. The number of hydrogen-bond donors (Lipinski definition) is 2. The molecule has 0 radical (unpaired) electrons. The van der Waals surface area contributed by atoms with Gasteiger partial charge in [0.05, 0.1) is 6.20 Å². The maximum atomic E-state index is 12.3. The van der Waals surface area contributed by atoms with Crippen molar-refractivity contribution < 1.29 is 5.11 Å². The standard InChI is InChI=1S/C14H10ClN3O2S/c1-7-4-2-3-5-8(7)10-12(19)17-11(18-13(10)20)14-16-6-9(15)21-14/h2-6H,1H3,(H2,17,18,19,20). The third kappa shape index (κ3) is 2.55. The van der Waals surface area contributed by atoms with Crippen molar-refractivity contribution in [1.29, 1.82) is 0 Å². The second kappa shape index (κ2) is 5.31. The van der Waals surface area contributed by atoms with Gasteiger partial charge in [-0.2, -0.15) is 4.98 Å². The number of nitrogens with one attached hydrogen (secondary N) is 1. The van der Waals surface area contributed by atoms with Crippen LogP contribution in [-0.4, -0.2) is 20.1 Å². The van der Waals surface area contributed by atoms with E-state index in [1.807, 2.05) is 19.1 Å². The summed E-state index contributed by atoms with van der Waals surface area (Å²) in [5.41, 5.74) is 1.26. The number of aromatic amines is 1. The Morgan fingerprint density at radius 2 is 2.10 bits per heavy atom. The summed E-state index contributed by atoms with van der Waals surface area (Å²) in [6.07, 6.45) is 1.47. The van der Waals surface area contributed by atoms with Crippen molar-refractivity contribution in [2.45, 2.75) is 6.92 Å². The fraction of sp³-hybridized carbons (Fsp3) is 0.0714. The van der Waals surface area contributed by atoms with Crippen LogP contribution in [-0.2, 0) is 0 Å². The lowest BCUT2D eigenvalue weighted by atomic mass is 10.0. The molecular weight excluding hydrogens is 310 g/mol. The molecule has 0 aliphatic carbocycles. The molecule has 0 aliphatic rings. The first-order valence-electron chi connectivity index (χ1n) is 6.07. The molecule has 3 rings (SSSR count). The number of aromatic nitrogens is 3. The van der Waals surface area contributed by atoms with Gasteiger partial charge in [-0.15, -0.1) is 0 Å². The summed E-state index contributed by atoms with van der Waals surface area (Å²) in [6, 6.07) is 7.29. The molecule has 21 heavy (non-hydrogen) atoms. The van der Waals surface area contributed by atoms with Crippen LogP contribution in [0.5, 0.6) is 5.88 Å². The summed E-state index contributed by atoms with van der Waals surface area (Å²) in [6.45, 7) is 1.86. The number of hydrogen-bond acceptors (Lipinski definition) is 5. The van der Waals surface area contributed by atoms with Crippen LogP contribution in [0.1, 0.15) is 5.56 Å². The first-order valence-corrected chi connectivity index (χ1v) is 7.26. The largest absolute Gasteiger partial charge is 0.493 e. The number of H-pyrrole nitrogens is 1. The fourth-order valence-corrected chi connectivity index (χ4v) is 2.88. The summed E-state index contributed by atoms with van der Waals surface area (Å²) in [7, 11) is 0. The minimum absolute atomic E-state index is 0.152. The fourth-order valence-electron chi connectivity index (χ4n) is 2.02. The number of aromatic hydroxyl groups is 1. The van der Waals surface area contributed by atoms with E-state index < -0.39 is 5.56 Å². The molecule has 1 aromatic carbocycles. The molecule has 7 heteroatoms. The van der Waals surface area contributed by atoms with Crippen molar-refractivity contribution in [3.8, 4) is 27.8 Å². The third-order valence-electron chi connectivity index (χ3n) is 2.99. The average Bonchev–Trinajstić information content (AvgIpc) is 2.87. The summed E-state index contributed by atoms with van der Waals surface area (Å²) < 4.78 is 0.482. The molecule has 0 atom stereocenters. The van der Waals surface area contributed by atoms with Crippen LogP contribution < -0.4 is 5.56 Å². The van der Waals surface area contributed by atoms with E-state index in [9.17, 15) is 9.90 Å². The second-order valence-electron chi connectivity index (χ2n) is 4.40. The van der Waals surface area contributed by atoms with Crippen molar-refractivity contribution in [3.63, 3.8) is 0 Å². The molecule has 0 fully saturated rings. The van der Waals surface area contributed by atoms with Crippen molar-refractivity contribution in [3.05, 3.63) is 50.7 Å². The third-order valence-corrected chi connectivity index (χ3v) is 4.12. The van der Waals surface area contributed by atoms with E-state index in [4.69, 9.17) is 11.6 Å². The van der Waals surface area contributed by atoms with Gasteiger partial charge >= 0.3 is 0 Å². The van der Waals surface area contributed by atoms with E-state index in [2.05, 4.69) is 15.0 Å². The number of benzene rings is 1. The Bertz CT molecular complexity index is 873. The van der Waals surface area contributed by atoms with Gasteiger partial charge in [-0.3, -0.25) is 4.79 Å².